The minimum atomic E-state index is -0.334. The van der Waals surface area contributed by atoms with Gasteiger partial charge in [0.15, 0.2) is 5.79 Å². The van der Waals surface area contributed by atoms with E-state index in [0.717, 1.165) is 57.5 Å². The van der Waals surface area contributed by atoms with Crippen LogP contribution in [0.5, 0.6) is 5.75 Å². The Hall–Kier alpha value is -1.58. The molecule has 132 valence electrons. The molecule has 1 atom stereocenters. The molecule has 2 fully saturated rings. The first kappa shape index (κ1) is 15.7. The molecule has 0 radical (unpaired) electrons. The summed E-state index contributed by atoms with van der Waals surface area (Å²) in [5.74, 6) is 0.707. The number of ether oxygens (including phenoxy) is 3. The molecule has 1 aromatic carbocycles. The predicted molar refractivity (Wildman–Crippen MR) is 97.5 cm³/mol. The molecule has 1 aromatic rings. The molecular formula is C22H26O3. The Kier molecular flexibility index (Phi) is 3.42. The highest BCUT2D eigenvalue weighted by Gasteiger charge is 2.50. The van der Waals surface area contributed by atoms with E-state index in [1.165, 1.54) is 22.3 Å². The average Bonchev–Trinajstić information content (AvgIpc) is 3.10. The summed E-state index contributed by atoms with van der Waals surface area (Å²) < 4.78 is 17.6. The summed E-state index contributed by atoms with van der Waals surface area (Å²) in [6.45, 7) is 3.93. The van der Waals surface area contributed by atoms with E-state index in [-0.39, 0.29) is 11.2 Å². The summed E-state index contributed by atoms with van der Waals surface area (Å²) in [4.78, 5) is 0. The van der Waals surface area contributed by atoms with Crippen LogP contribution in [0.4, 0.5) is 0 Å². The molecule has 0 bridgehead atoms. The smallest absolute Gasteiger partial charge is 0.172 e. The van der Waals surface area contributed by atoms with Gasteiger partial charge in [-0.1, -0.05) is 36.3 Å². The first-order valence-electron chi connectivity index (χ1n) is 9.51. The van der Waals surface area contributed by atoms with E-state index in [9.17, 15) is 0 Å². The Morgan fingerprint density at radius 3 is 2.72 bits per heavy atom. The van der Waals surface area contributed by atoms with Crippen molar-refractivity contribution < 1.29 is 14.2 Å². The zero-order valence-electron chi connectivity index (χ0n) is 15.2. The van der Waals surface area contributed by atoms with Crippen LogP contribution in [0.2, 0.25) is 0 Å². The van der Waals surface area contributed by atoms with Crippen molar-refractivity contribution in [3.05, 3.63) is 46.5 Å². The van der Waals surface area contributed by atoms with E-state index in [2.05, 4.69) is 31.2 Å². The average molecular weight is 338 g/mol. The van der Waals surface area contributed by atoms with Crippen molar-refractivity contribution in [2.24, 2.45) is 5.41 Å². The van der Waals surface area contributed by atoms with Gasteiger partial charge in [-0.2, -0.15) is 0 Å². The molecule has 25 heavy (non-hydrogen) atoms. The maximum atomic E-state index is 6.00. The fourth-order valence-electron chi connectivity index (χ4n) is 5.49. The lowest BCUT2D eigenvalue weighted by Crippen LogP contribution is -2.42. The lowest BCUT2D eigenvalue weighted by Gasteiger charge is -2.49. The Balaban J connectivity index is 1.55. The molecule has 1 saturated heterocycles. The van der Waals surface area contributed by atoms with E-state index in [1.807, 2.05) is 0 Å². The zero-order chi connectivity index (χ0) is 17.1. The van der Waals surface area contributed by atoms with Crippen molar-refractivity contribution in [2.45, 2.75) is 51.2 Å². The number of rotatable bonds is 1. The van der Waals surface area contributed by atoms with Gasteiger partial charge in [-0.3, -0.25) is 0 Å². The largest absolute Gasteiger partial charge is 0.496 e. The van der Waals surface area contributed by atoms with Crippen LogP contribution in [0.1, 0.15) is 50.2 Å². The van der Waals surface area contributed by atoms with Crippen LogP contribution in [0.15, 0.2) is 35.4 Å². The van der Waals surface area contributed by atoms with Gasteiger partial charge in [-0.05, 0) is 42.9 Å². The first-order chi connectivity index (χ1) is 12.2. The minimum Gasteiger partial charge on any atom is -0.496 e. The predicted octanol–water partition coefficient (Wildman–Crippen LogP) is 4.66. The molecule has 1 saturated carbocycles. The molecule has 0 aromatic heterocycles. The third-order valence-corrected chi connectivity index (χ3v) is 6.87. The van der Waals surface area contributed by atoms with Crippen LogP contribution in [0, 0.1) is 5.41 Å². The highest BCUT2D eigenvalue weighted by molar-refractivity contribution is 5.79. The van der Waals surface area contributed by atoms with Gasteiger partial charge in [0, 0.05) is 23.8 Å². The molecule has 0 unspecified atom stereocenters. The third kappa shape index (κ3) is 2.18. The Bertz CT molecular complexity index is 782. The van der Waals surface area contributed by atoms with Crippen molar-refractivity contribution in [2.75, 3.05) is 20.3 Å². The van der Waals surface area contributed by atoms with E-state index >= 15 is 0 Å². The summed E-state index contributed by atoms with van der Waals surface area (Å²) in [5, 5.41) is 0. The molecule has 3 nitrogen and oxygen atoms in total. The summed E-state index contributed by atoms with van der Waals surface area (Å²) in [6, 6.07) is 6.50. The van der Waals surface area contributed by atoms with Crippen LogP contribution in [-0.2, 0) is 15.9 Å². The van der Waals surface area contributed by atoms with Crippen molar-refractivity contribution in [3.8, 4) is 5.75 Å². The Labute approximate surface area is 149 Å². The molecule has 4 aliphatic rings. The monoisotopic (exact) mass is 338 g/mol. The minimum absolute atomic E-state index is 0.176. The van der Waals surface area contributed by atoms with Crippen LogP contribution in [0.3, 0.4) is 0 Å². The quantitative estimate of drug-likeness (QED) is 0.697. The molecule has 1 spiro atoms. The number of hydrogen-bond donors (Lipinski definition) is 0. The molecule has 0 amide bonds. The van der Waals surface area contributed by atoms with Gasteiger partial charge in [0.25, 0.3) is 0 Å². The van der Waals surface area contributed by atoms with Gasteiger partial charge >= 0.3 is 0 Å². The number of hydrogen-bond acceptors (Lipinski definition) is 3. The molecular weight excluding hydrogens is 312 g/mol. The lowest BCUT2D eigenvalue weighted by atomic mass is 9.59. The molecule has 0 N–H and O–H groups in total. The zero-order valence-corrected chi connectivity index (χ0v) is 15.2. The fourth-order valence-corrected chi connectivity index (χ4v) is 5.49. The van der Waals surface area contributed by atoms with E-state index in [0.29, 0.717) is 0 Å². The van der Waals surface area contributed by atoms with Gasteiger partial charge in [0.1, 0.15) is 5.75 Å². The third-order valence-electron chi connectivity index (χ3n) is 6.87. The van der Waals surface area contributed by atoms with Crippen molar-refractivity contribution in [1.29, 1.82) is 0 Å². The summed E-state index contributed by atoms with van der Waals surface area (Å²) in [6.07, 6.45) is 8.77. The van der Waals surface area contributed by atoms with Crippen molar-refractivity contribution in [1.82, 2.24) is 0 Å². The molecule has 3 heteroatoms. The maximum absolute atomic E-state index is 6.00. The summed E-state index contributed by atoms with van der Waals surface area (Å²) >= 11 is 0. The first-order valence-corrected chi connectivity index (χ1v) is 9.51. The molecule has 3 aliphatic carbocycles. The Morgan fingerprint density at radius 2 is 1.92 bits per heavy atom. The number of benzene rings is 1. The number of methoxy groups -OCH3 is 1. The van der Waals surface area contributed by atoms with Gasteiger partial charge < -0.3 is 14.2 Å². The lowest BCUT2D eigenvalue weighted by molar-refractivity contribution is -0.174. The second-order valence-corrected chi connectivity index (χ2v) is 7.99. The summed E-state index contributed by atoms with van der Waals surface area (Å²) in [5.41, 5.74) is 7.69. The van der Waals surface area contributed by atoms with Crippen LogP contribution in [0.25, 0.3) is 5.57 Å². The van der Waals surface area contributed by atoms with Gasteiger partial charge in [0.05, 0.1) is 20.3 Å². The molecule has 1 heterocycles. The van der Waals surface area contributed by atoms with Crippen molar-refractivity contribution >= 4 is 5.57 Å². The fraction of sp³-hybridized carbons (Fsp3) is 0.545. The highest BCUT2D eigenvalue weighted by atomic mass is 16.7. The maximum Gasteiger partial charge on any atom is 0.172 e. The van der Waals surface area contributed by atoms with E-state index in [1.54, 1.807) is 12.7 Å². The van der Waals surface area contributed by atoms with Gasteiger partial charge in [-0.25, -0.2) is 0 Å². The molecule has 5 rings (SSSR count). The van der Waals surface area contributed by atoms with Crippen LogP contribution >= 0.6 is 0 Å². The Morgan fingerprint density at radius 1 is 1.08 bits per heavy atom. The summed E-state index contributed by atoms with van der Waals surface area (Å²) in [7, 11) is 1.78. The second-order valence-electron chi connectivity index (χ2n) is 7.99. The van der Waals surface area contributed by atoms with Crippen molar-refractivity contribution in [3.63, 3.8) is 0 Å². The topological polar surface area (TPSA) is 27.7 Å². The molecule has 1 aliphatic heterocycles. The van der Waals surface area contributed by atoms with Gasteiger partial charge in [0.2, 0.25) is 0 Å². The van der Waals surface area contributed by atoms with Crippen LogP contribution < -0.4 is 4.74 Å². The van der Waals surface area contributed by atoms with E-state index in [4.69, 9.17) is 14.2 Å². The number of fused-ring (bicyclic) bond motifs is 4. The van der Waals surface area contributed by atoms with E-state index < -0.39 is 0 Å². The second kappa shape index (κ2) is 5.46. The van der Waals surface area contributed by atoms with Gasteiger partial charge in [-0.15, -0.1) is 0 Å². The SMILES string of the molecule is COc1cccc2c1CCC1=C2CC=C2CC3(CC[C@]21C)OCCO3. The normalized spacial score (nSPS) is 29.8. The highest BCUT2D eigenvalue weighted by Crippen LogP contribution is 2.58. The standard InChI is InChI=1S/C22H26O3/c1-21-10-11-22(24-12-13-25-22)14-15(21)6-7-17-16-4-3-5-20(23-2)18(16)8-9-19(17)21/h3-6H,7-14H2,1-2H3/t21-/m1/s1. The van der Waals surface area contributed by atoms with Crippen LogP contribution in [-0.4, -0.2) is 26.1 Å². The number of allylic oxidation sites excluding steroid dienone is 3.